The second kappa shape index (κ2) is 6.73. The number of nitrogens with one attached hydrogen (secondary N) is 2. The van der Waals surface area contributed by atoms with Crippen LogP contribution in [-0.4, -0.2) is 19.0 Å². The normalized spacial score (nSPS) is 11.7. The Hall–Kier alpha value is -2.33. The molecule has 0 fully saturated rings. The Kier molecular flexibility index (Phi) is 4.74. The monoisotopic (exact) mass is 270 g/mol. The van der Waals surface area contributed by atoms with E-state index in [1.807, 2.05) is 61.5 Å². The zero-order chi connectivity index (χ0) is 14.4. The average molecular weight is 270 g/mol. The molecule has 0 aliphatic rings. The number of benzene rings is 2. The number of hydrogen-bond donors (Lipinski definition) is 2. The summed E-state index contributed by atoms with van der Waals surface area (Å²) >= 11 is 0. The van der Waals surface area contributed by atoms with Crippen molar-refractivity contribution in [3.63, 3.8) is 0 Å². The first-order valence-electron chi connectivity index (χ1n) is 6.50. The molecule has 2 aromatic rings. The van der Waals surface area contributed by atoms with Gasteiger partial charge >= 0.3 is 0 Å². The molecule has 4 nitrogen and oxygen atoms in total. The van der Waals surface area contributed by atoms with E-state index in [0.29, 0.717) is 0 Å². The summed E-state index contributed by atoms with van der Waals surface area (Å²) in [5.74, 6) is 1.45. The Morgan fingerprint density at radius 3 is 2.20 bits per heavy atom. The fourth-order valence-corrected chi connectivity index (χ4v) is 1.61. The van der Waals surface area contributed by atoms with Crippen LogP contribution in [0.2, 0.25) is 0 Å². The van der Waals surface area contributed by atoms with E-state index in [-0.39, 0.29) is 11.9 Å². The molecule has 0 saturated carbocycles. The van der Waals surface area contributed by atoms with Gasteiger partial charge in [0, 0.05) is 5.69 Å². The molecule has 0 radical (unpaired) electrons. The lowest BCUT2D eigenvalue weighted by molar-refractivity contribution is -0.117. The molecular formula is C16H18N2O2. The zero-order valence-electron chi connectivity index (χ0n) is 11.6. The van der Waals surface area contributed by atoms with Crippen LogP contribution in [0.3, 0.4) is 0 Å². The Labute approximate surface area is 118 Å². The molecule has 1 unspecified atom stereocenters. The van der Waals surface area contributed by atoms with Gasteiger partial charge in [-0.05, 0) is 50.4 Å². The van der Waals surface area contributed by atoms with E-state index in [1.54, 1.807) is 7.05 Å². The van der Waals surface area contributed by atoms with E-state index in [9.17, 15) is 4.79 Å². The standard InChI is InChI=1S/C16H18N2O2/c1-12(17-2)16(19)18-13-8-10-15(11-9-13)20-14-6-4-3-5-7-14/h3-12,17H,1-2H3,(H,18,19). The average Bonchev–Trinajstić information content (AvgIpc) is 2.49. The SMILES string of the molecule is CNC(C)C(=O)Nc1ccc(Oc2ccccc2)cc1. The fraction of sp³-hybridized carbons (Fsp3) is 0.188. The van der Waals surface area contributed by atoms with Crippen molar-refractivity contribution in [3.8, 4) is 11.5 Å². The molecule has 4 heteroatoms. The highest BCUT2D eigenvalue weighted by Crippen LogP contribution is 2.22. The maximum absolute atomic E-state index is 11.7. The molecule has 0 aliphatic heterocycles. The predicted molar refractivity (Wildman–Crippen MR) is 80.1 cm³/mol. The van der Waals surface area contributed by atoms with Gasteiger partial charge in [0.25, 0.3) is 0 Å². The summed E-state index contributed by atoms with van der Waals surface area (Å²) in [5, 5.41) is 5.72. The quantitative estimate of drug-likeness (QED) is 0.878. The Bertz CT molecular complexity index is 552. The van der Waals surface area contributed by atoms with Crippen LogP contribution in [0.1, 0.15) is 6.92 Å². The first kappa shape index (κ1) is 14.1. The Balaban J connectivity index is 1.98. The van der Waals surface area contributed by atoms with Crippen LogP contribution < -0.4 is 15.4 Å². The molecule has 0 spiro atoms. The van der Waals surface area contributed by atoms with Crippen molar-refractivity contribution in [1.82, 2.24) is 5.32 Å². The van der Waals surface area contributed by atoms with Gasteiger partial charge in [-0.25, -0.2) is 0 Å². The van der Waals surface area contributed by atoms with Crippen molar-refractivity contribution < 1.29 is 9.53 Å². The maximum Gasteiger partial charge on any atom is 0.241 e. The van der Waals surface area contributed by atoms with Crippen LogP contribution in [0.25, 0.3) is 0 Å². The van der Waals surface area contributed by atoms with Crippen LogP contribution in [-0.2, 0) is 4.79 Å². The van der Waals surface area contributed by atoms with Crippen molar-refractivity contribution in [3.05, 3.63) is 54.6 Å². The van der Waals surface area contributed by atoms with Crippen LogP contribution in [0.15, 0.2) is 54.6 Å². The minimum Gasteiger partial charge on any atom is -0.457 e. The maximum atomic E-state index is 11.7. The largest absolute Gasteiger partial charge is 0.457 e. The summed E-state index contributed by atoms with van der Waals surface area (Å²) in [7, 11) is 1.75. The number of ether oxygens (including phenoxy) is 1. The topological polar surface area (TPSA) is 50.4 Å². The summed E-state index contributed by atoms with van der Waals surface area (Å²) in [5.41, 5.74) is 0.748. The molecule has 0 aromatic heterocycles. The summed E-state index contributed by atoms with van der Waals surface area (Å²) in [6, 6.07) is 16.6. The molecule has 104 valence electrons. The summed E-state index contributed by atoms with van der Waals surface area (Å²) in [6.45, 7) is 1.81. The second-order valence-corrected chi connectivity index (χ2v) is 4.44. The van der Waals surface area contributed by atoms with Gasteiger partial charge in [-0.1, -0.05) is 18.2 Å². The molecule has 0 heterocycles. The Morgan fingerprint density at radius 1 is 1.00 bits per heavy atom. The number of amides is 1. The lowest BCUT2D eigenvalue weighted by Gasteiger charge is -2.11. The summed E-state index contributed by atoms with van der Waals surface area (Å²) in [4.78, 5) is 11.7. The summed E-state index contributed by atoms with van der Waals surface area (Å²) in [6.07, 6.45) is 0. The molecule has 0 saturated heterocycles. The number of rotatable bonds is 5. The van der Waals surface area contributed by atoms with Crippen LogP contribution in [0.5, 0.6) is 11.5 Å². The highest BCUT2D eigenvalue weighted by atomic mass is 16.5. The van der Waals surface area contributed by atoms with E-state index < -0.39 is 0 Å². The van der Waals surface area contributed by atoms with Crippen LogP contribution >= 0.6 is 0 Å². The fourth-order valence-electron chi connectivity index (χ4n) is 1.61. The van der Waals surface area contributed by atoms with Crippen molar-refractivity contribution in [2.45, 2.75) is 13.0 Å². The molecule has 2 aromatic carbocycles. The van der Waals surface area contributed by atoms with E-state index in [2.05, 4.69) is 10.6 Å². The van der Waals surface area contributed by atoms with Crippen molar-refractivity contribution in [2.75, 3.05) is 12.4 Å². The molecule has 0 bridgehead atoms. The highest BCUT2D eigenvalue weighted by molar-refractivity contribution is 5.94. The van der Waals surface area contributed by atoms with E-state index in [4.69, 9.17) is 4.74 Å². The first-order valence-corrected chi connectivity index (χ1v) is 6.50. The third-order valence-corrected chi connectivity index (χ3v) is 2.93. The number of carbonyl (C=O) groups excluding carboxylic acids is 1. The number of hydrogen-bond acceptors (Lipinski definition) is 3. The van der Waals surface area contributed by atoms with E-state index in [0.717, 1.165) is 17.2 Å². The lowest BCUT2D eigenvalue weighted by Crippen LogP contribution is -2.35. The minimum atomic E-state index is -0.227. The lowest BCUT2D eigenvalue weighted by atomic mass is 10.2. The van der Waals surface area contributed by atoms with Gasteiger partial charge in [0.1, 0.15) is 11.5 Å². The first-order chi connectivity index (χ1) is 9.69. The third kappa shape index (κ3) is 3.83. The van der Waals surface area contributed by atoms with E-state index in [1.165, 1.54) is 0 Å². The smallest absolute Gasteiger partial charge is 0.241 e. The molecular weight excluding hydrogens is 252 g/mol. The number of carbonyl (C=O) groups is 1. The van der Waals surface area contributed by atoms with E-state index >= 15 is 0 Å². The minimum absolute atomic E-state index is 0.0655. The number of anilines is 1. The van der Waals surface area contributed by atoms with Gasteiger partial charge < -0.3 is 15.4 Å². The number of para-hydroxylation sites is 1. The molecule has 1 amide bonds. The van der Waals surface area contributed by atoms with Gasteiger partial charge in [-0.15, -0.1) is 0 Å². The third-order valence-electron chi connectivity index (χ3n) is 2.93. The molecule has 20 heavy (non-hydrogen) atoms. The van der Waals surface area contributed by atoms with Crippen molar-refractivity contribution >= 4 is 11.6 Å². The van der Waals surface area contributed by atoms with Gasteiger partial charge in [0.2, 0.25) is 5.91 Å². The molecule has 2 N–H and O–H groups in total. The molecule has 2 rings (SSSR count). The predicted octanol–water partition coefficient (Wildman–Crippen LogP) is 3.03. The zero-order valence-corrected chi connectivity index (χ0v) is 11.6. The molecule has 0 aliphatic carbocycles. The number of likely N-dealkylation sites (N-methyl/N-ethyl adjacent to an activating group) is 1. The van der Waals surface area contributed by atoms with Gasteiger partial charge in [-0.3, -0.25) is 4.79 Å². The Morgan fingerprint density at radius 2 is 1.60 bits per heavy atom. The highest BCUT2D eigenvalue weighted by Gasteiger charge is 2.09. The van der Waals surface area contributed by atoms with Crippen molar-refractivity contribution in [1.29, 1.82) is 0 Å². The summed E-state index contributed by atoms with van der Waals surface area (Å²) < 4.78 is 5.68. The van der Waals surface area contributed by atoms with Crippen LogP contribution in [0, 0.1) is 0 Å². The van der Waals surface area contributed by atoms with Gasteiger partial charge in [0.05, 0.1) is 6.04 Å². The second-order valence-electron chi connectivity index (χ2n) is 4.44. The van der Waals surface area contributed by atoms with Crippen molar-refractivity contribution in [2.24, 2.45) is 0 Å². The molecule has 1 atom stereocenters. The van der Waals surface area contributed by atoms with Gasteiger partial charge in [0.15, 0.2) is 0 Å². The van der Waals surface area contributed by atoms with Gasteiger partial charge in [-0.2, -0.15) is 0 Å². The van der Waals surface area contributed by atoms with Crippen LogP contribution in [0.4, 0.5) is 5.69 Å².